The minimum Gasteiger partial charge on any atom is -0.379 e. The van der Waals surface area contributed by atoms with Gasteiger partial charge in [-0.05, 0) is 48.9 Å². The summed E-state index contributed by atoms with van der Waals surface area (Å²) in [6, 6.07) is 8.77. The van der Waals surface area contributed by atoms with Gasteiger partial charge in [-0.3, -0.25) is 14.5 Å². The lowest BCUT2D eigenvalue weighted by Gasteiger charge is -2.45. The van der Waals surface area contributed by atoms with E-state index in [9.17, 15) is 35.9 Å². The molecule has 39 heavy (non-hydrogen) atoms. The molecule has 1 unspecified atom stereocenters. The normalized spacial score (nSPS) is 21.9. The van der Waals surface area contributed by atoms with E-state index in [1.807, 2.05) is 17.0 Å². The molecule has 2 heterocycles. The Morgan fingerprint density at radius 1 is 0.923 bits per heavy atom. The van der Waals surface area contributed by atoms with Gasteiger partial charge in [0, 0.05) is 31.2 Å². The van der Waals surface area contributed by atoms with Gasteiger partial charge < -0.3 is 15.4 Å². The van der Waals surface area contributed by atoms with Crippen LogP contribution < -0.4 is 5.73 Å². The smallest absolute Gasteiger partial charge is 0.379 e. The molecule has 3 atom stereocenters. The second-order valence-corrected chi connectivity index (χ2v) is 9.92. The van der Waals surface area contributed by atoms with Gasteiger partial charge >= 0.3 is 12.4 Å². The first-order chi connectivity index (χ1) is 18.3. The fourth-order valence-corrected chi connectivity index (χ4v) is 5.53. The van der Waals surface area contributed by atoms with E-state index >= 15 is 0 Å². The number of hydrogen-bond donors (Lipinski definition) is 1. The molecule has 2 fully saturated rings. The molecule has 2 aliphatic heterocycles. The molecule has 0 radical (unpaired) electrons. The van der Waals surface area contributed by atoms with Crippen molar-refractivity contribution in [3.8, 4) is 0 Å². The summed E-state index contributed by atoms with van der Waals surface area (Å²) in [7, 11) is 0. The topological polar surface area (TPSA) is 75.9 Å². The molecule has 0 saturated carbocycles. The first-order valence-corrected chi connectivity index (χ1v) is 12.6. The summed E-state index contributed by atoms with van der Waals surface area (Å²) in [4.78, 5) is 29.3. The third-order valence-electron chi connectivity index (χ3n) is 7.34. The Hall–Kier alpha value is -3.12. The number of ether oxygens (including phenoxy) is 1. The van der Waals surface area contributed by atoms with Crippen LogP contribution in [0.1, 0.15) is 39.9 Å². The average Bonchev–Trinajstić information content (AvgIpc) is 2.88. The standard InChI is InChI=1S/C27H29F6N3O3/c28-26(29,30)20-13-19(14-21(16-20)27(31,32)33)25(38)36-7-6-18(15-22(36)12-17-4-2-1-3-5-17)23(24(34)37)35-8-10-39-11-9-35/h1-5,13-14,16,18,22-23H,6-12,15H2,(H2,34,37)/t18-,22?,23+/m0/s1. The lowest BCUT2D eigenvalue weighted by Crippen LogP contribution is -2.57. The van der Waals surface area contributed by atoms with Crippen molar-refractivity contribution in [2.24, 2.45) is 11.7 Å². The number of carbonyl (C=O) groups is 2. The van der Waals surface area contributed by atoms with Gasteiger partial charge in [0.25, 0.3) is 5.91 Å². The van der Waals surface area contributed by atoms with Crippen molar-refractivity contribution in [2.45, 2.75) is 43.7 Å². The van der Waals surface area contributed by atoms with Gasteiger partial charge in [-0.1, -0.05) is 30.3 Å². The molecule has 2 aliphatic rings. The number of nitrogens with zero attached hydrogens (tertiary/aromatic N) is 2. The number of likely N-dealkylation sites (tertiary alicyclic amines) is 1. The van der Waals surface area contributed by atoms with Crippen LogP contribution in [0.4, 0.5) is 26.3 Å². The Morgan fingerprint density at radius 2 is 1.51 bits per heavy atom. The van der Waals surface area contributed by atoms with Crippen molar-refractivity contribution < 1.29 is 40.7 Å². The molecule has 2 N–H and O–H groups in total. The summed E-state index contributed by atoms with van der Waals surface area (Å²) in [5.74, 6) is -1.70. The number of hydrogen-bond acceptors (Lipinski definition) is 4. The third kappa shape index (κ3) is 6.91. The average molecular weight is 558 g/mol. The molecule has 0 bridgehead atoms. The van der Waals surface area contributed by atoms with Gasteiger partial charge in [-0.25, -0.2) is 0 Å². The molecule has 2 aromatic carbocycles. The molecule has 4 rings (SSSR count). The van der Waals surface area contributed by atoms with Crippen LogP contribution in [-0.2, 0) is 28.3 Å². The zero-order valence-electron chi connectivity index (χ0n) is 21.0. The minimum absolute atomic E-state index is 0.00422. The molecule has 0 aromatic heterocycles. The number of nitrogens with two attached hydrogens (primary N) is 1. The molecule has 0 spiro atoms. The van der Waals surface area contributed by atoms with Crippen molar-refractivity contribution in [3.05, 3.63) is 70.8 Å². The zero-order chi connectivity index (χ0) is 28.4. The Bertz CT molecular complexity index is 1130. The van der Waals surface area contributed by atoms with Crippen LogP contribution >= 0.6 is 0 Å². The van der Waals surface area contributed by atoms with E-state index in [4.69, 9.17) is 10.5 Å². The summed E-state index contributed by atoms with van der Waals surface area (Å²) in [6.45, 7) is 1.92. The third-order valence-corrected chi connectivity index (χ3v) is 7.34. The molecular weight excluding hydrogens is 528 g/mol. The number of carbonyl (C=O) groups excluding carboxylic acids is 2. The zero-order valence-corrected chi connectivity index (χ0v) is 21.0. The Balaban J connectivity index is 1.67. The van der Waals surface area contributed by atoms with Gasteiger partial charge in [-0.2, -0.15) is 26.3 Å². The van der Waals surface area contributed by atoms with E-state index in [1.54, 1.807) is 18.2 Å². The monoisotopic (exact) mass is 557 g/mol. The molecule has 12 heteroatoms. The van der Waals surface area contributed by atoms with Crippen LogP contribution in [0, 0.1) is 5.92 Å². The number of piperidine rings is 1. The largest absolute Gasteiger partial charge is 0.416 e. The van der Waals surface area contributed by atoms with E-state index in [-0.39, 0.29) is 18.5 Å². The number of amides is 2. The second-order valence-electron chi connectivity index (χ2n) is 9.92. The van der Waals surface area contributed by atoms with Gasteiger partial charge in [0.2, 0.25) is 5.91 Å². The predicted octanol–water partition coefficient (Wildman–Crippen LogP) is 4.37. The van der Waals surface area contributed by atoms with Crippen LogP contribution in [0.15, 0.2) is 48.5 Å². The van der Waals surface area contributed by atoms with E-state index in [1.165, 1.54) is 4.90 Å². The van der Waals surface area contributed by atoms with Gasteiger partial charge in [0.1, 0.15) is 0 Å². The second kappa shape index (κ2) is 11.5. The van der Waals surface area contributed by atoms with Crippen molar-refractivity contribution in [1.82, 2.24) is 9.80 Å². The maximum atomic E-state index is 13.5. The van der Waals surface area contributed by atoms with Crippen LogP contribution in [0.2, 0.25) is 0 Å². The summed E-state index contributed by atoms with van der Waals surface area (Å²) in [6.07, 6.45) is -9.22. The fourth-order valence-electron chi connectivity index (χ4n) is 5.53. The molecule has 6 nitrogen and oxygen atoms in total. The summed E-state index contributed by atoms with van der Waals surface area (Å²) in [5.41, 5.74) is 2.84. The number of primary amides is 1. The quantitative estimate of drug-likeness (QED) is 0.536. The maximum Gasteiger partial charge on any atom is 0.416 e. The van der Waals surface area contributed by atoms with E-state index in [0.29, 0.717) is 57.7 Å². The molecule has 2 saturated heterocycles. The van der Waals surface area contributed by atoms with E-state index in [2.05, 4.69) is 0 Å². The SMILES string of the molecule is NC(=O)[C@@H]([C@H]1CCN(C(=O)c2cc(C(F)(F)F)cc(C(F)(F)F)c2)C(Cc2ccccc2)C1)N1CCOCC1. The minimum atomic E-state index is -5.07. The van der Waals surface area contributed by atoms with Gasteiger partial charge in [0.15, 0.2) is 0 Å². The highest BCUT2D eigenvalue weighted by molar-refractivity contribution is 5.95. The van der Waals surface area contributed by atoms with E-state index in [0.717, 1.165) is 5.56 Å². The maximum absolute atomic E-state index is 13.5. The highest BCUT2D eigenvalue weighted by Gasteiger charge is 2.42. The summed E-state index contributed by atoms with van der Waals surface area (Å²) in [5, 5.41) is 0. The lowest BCUT2D eigenvalue weighted by atomic mass is 9.81. The number of benzene rings is 2. The number of alkyl halides is 6. The van der Waals surface area contributed by atoms with Crippen LogP contribution in [-0.4, -0.2) is 66.5 Å². The van der Waals surface area contributed by atoms with Gasteiger partial charge in [0.05, 0.1) is 30.4 Å². The van der Waals surface area contributed by atoms with Crippen molar-refractivity contribution in [2.75, 3.05) is 32.8 Å². The van der Waals surface area contributed by atoms with Crippen molar-refractivity contribution in [1.29, 1.82) is 0 Å². The summed E-state index contributed by atoms with van der Waals surface area (Å²) < 4.78 is 86.1. The highest BCUT2D eigenvalue weighted by atomic mass is 19.4. The molecule has 0 aliphatic carbocycles. The fraction of sp³-hybridized carbons (Fsp3) is 0.481. The van der Waals surface area contributed by atoms with Crippen LogP contribution in [0.5, 0.6) is 0 Å². The Morgan fingerprint density at radius 3 is 2.05 bits per heavy atom. The first kappa shape index (κ1) is 28.9. The molecule has 2 aromatic rings. The number of rotatable bonds is 6. The predicted molar refractivity (Wildman–Crippen MR) is 130 cm³/mol. The van der Waals surface area contributed by atoms with Gasteiger partial charge in [-0.15, -0.1) is 0 Å². The molecule has 212 valence electrons. The summed E-state index contributed by atoms with van der Waals surface area (Å²) >= 11 is 0. The van der Waals surface area contributed by atoms with Crippen molar-refractivity contribution >= 4 is 11.8 Å². The van der Waals surface area contributed by atoms with E-state index < -0.39 is 52.9 Å². The Labute approximate surface area is 221 Å². The first-order valence-electron chi connectivity index (χ1n) is 12.6. The highest BCUT2D eigenvalue weighted by Crippen LogP contribution is 2.38. The molecular formula is C27H29F6N3O3. The van der Waals surface area contributed by atoms with Crippen molar-refractivity contribution in [3.63, 3.8) is 0 Å². The Kier molecular flexibility index (Phi) is 8.55. The number of morpholine rings is 1. The van der Waals surface area contributed by atoms with Crippen LogP contribution in [0.3, 0.4) is 0 Å². The van der Waals surface area contributed by atoms with Crippen LogP contribution in [0.25, 0.3) is 0 Å². The number of halogens is 6. The lowest BCUT2D eigenvalue weighted by molar-refractivity contribution is -0.143. The molecule has 2 amide bonds.